The van der Waals surface area contributed by atoms with Gasteiger partial charge in [-0.25, -0.2) is 0 Å². The molecule has 0 aliphatic carbocycles. The molecule has 1 aliphatic rings. The molecule has 1 aliphatic heterocycles. The van der Waals surface area contributed by atoms with E-state index in [1.807, 2.05) is 19.1 Å². The Bertz CT molecular complexity index is 1070. The van der Waals surface area contributed by atoms with Crippen molar-refractivity contribution in [1.82, 2.24) is 4.57 Å². The number of aromatic hydroxyl groups is 1. The number of anilines is 1. The number of para-hydroxylation sites is 1. The predicted octanol–water partition coefficient (Wildman–Crippen LogP) is 3.84. The van der Waals surface area contributed by atoms with Crippen LogP contribution in [0, 0.1) is 0 Å². The zero-order valence-corrected chi connectivity index (χ0v) is 15.0. The van der Waals surface area contributed by atoms with Crippen LogP contribution in [0.15, 0.2) is 51.7 Å². The molecule has 1 aromatic heterocycles. The maximum Gasteiger partial charge on any atom is 0.268 e. The maximum absolute atomic E-state index is 12.9. The Morgan fingerprint density at radius 2 is 1.96 bits per heavy atom. The van der Waals surface area contributed by atoms with E-state index in [9.17, 15) is 14.7 Å². The Balaban J connectivity index is 1.87. The Morgan fingerprint density at radius 3 is 2.68 bits per heavy atom. The van der Waals surface area contributed by atoms with Crippen molar-refractivity contribution in [3.8, 4) is 5.75 Å². The van der Waals surface area contributed by atoms with Crippen LogP contribution in [0.1, 0.15) is 28.9 Å². The SMILES string of the molecule is CC1Cc2cccc3c(O)c(C(=O)Nc4ccc(Br)cc4)c(=O)n1c23. The molecule has 5 nitrogen and oxygen atoms in total. The summed E-state index contributed by atoms with van der Waals surface area (Å²) in [7, 11) is 0. The summed E-state index contributed by atoms with van der Waals surface area (Å²) in [5.41, 5.74) is 1.60. The molecule has 1 atom stereocenters. The molecule has 2 heterocycles. The van der Waals surface area contributed by atoms with E-state index in [4.69, 9.17) is 0 Å². The summed E-state index contributed by atoms with van der Waals surface area (Å²) in [5.74, 6) is -0.873. The molecular weight excluding hydrogens is 384 g/mol. The van der Waals surface area contributed by atoms with Gasteiger partial charge in [-0.3, -0.25) is 9.59 Å². The van der Waals surface area contributed by atoms with Gasteiger partial charge in [0.15, 0.2) is 0 Å². The number of halogens is 1. The maximum atomic E-state index is 12.9. The van der Waals surface area contributed by atoms with Gasteiger partial charge in [0.2, 0.25) is 0 Å². The number of hydrogen-bond acceptors (Lipinski definition) is 3. The van der Waals surface area contributed by atoms with Crippen molar-refractivity contribution < 1.29 is 9.90 Å². The van der Waals surface area contributed by atoms with Gasteiger partial charge >= 0.3 is 0 Å². The number of carbonyl (C=O) groups excluding carboxylic acids is 1. The lowest BCUT2D eigenvalue weighted by Gasteiger charge is -2.14. The van der Waals surface area contributed by atoms with Crippen molar-refractivity contribution in [3.05, 3.63) is 68.4 Å². The fourth-order valence-electron chi connectivity index (χ4n) is 3.45. The van der Waals surface area contributed by atoms with Gasteiger partial charge in [0.05, 0.1) is 5.52 Å². The minimum absolute atomic E-state index is 0.0489. The third kappa shape index (κ3) is 2.44. The van der Waals surface area contributed by atoms with Crippen LogP contribution in [-0.4, -0.2) is 15.6 Å². The first-order valence-electron chi connectivity index (χ1n) is 7.93. The first kappa shape index (κ1) is 15.9. The first-order chi connectivity index (χ1) is 12.0. The van der Waals surface area contributed by atoms with Crippen molar-refractivity contribution in [3.63, 3.8) is 0 Å². The molecule has 0 bridgehead atoms. The quantitative estimate of drug-likeness (QED) is 0.688. The van der Waals surface area contributed by atoms with Crippen LogP contribution in [0.5, 0.6) is 5.75 Å². The average Bonchev–Trinajstić information content (AvgIpc) is 2.92. The highest BCUT2D eigenvalue weighted by Crippen LogP contribution is 2.36. The number of carbonyl (C=O) groups is 1. The average molecular weight is 399 g/mol. The molecule has 1 amide bonds. The van der Waals surface area contributed by atoms with Crippen LogP contribution < -0.4 is 10.9 Å². The van der Waals surface area contributed by atoms with Crippen LogP contribution in [0.4, 0.5) is 5.69 Å². The van der Waals surface area contributed by atoms with E-state index in [0.717, 1.165) is 15.6 Å². The minimum atomic E-state index is -0.611. The number of rotatable bonds is 2. The van der Waals surface area contributed by atoms with Crippen LogP contribution in [0.25, 0.3) is 10.9 Å². The molecule has 4 rings (SSSR count). The molecule has 1 unspecified atom stereocenters. The van der Waals surface area contributed by atoms with E-state index in [0.29, 0.717) is 17.5 Å². The number of hydrogen-bond donors (Lipinski definition) is 2. The number of nitrogens with zero attached hydrogens (tertiary/aromatic N) is 1. The second kappa shape index (κ2) is 5.74. The van der Waals surface area contributed by atoms with Crippen LogP contribution in [-0.2, 0) is 6.42 Å². The second-order valence-electron chi connectivity index (χ2n) is 6.23. The van der Waals surface area contributed by atoms with Crippen LogP contribution >= 0.6 is 15.9 Å². The van der Waals surface area contributed by atoms with E-state index >= 15 is 0 Å². The van der Waals surface area contributed by atoms with E-state index in [2.05, 4.69) is 21.2 Å². The van der Waals surface area contributed by atoms with Gasteiger partial charge in [-0.2, -0.15) is 0 Å². The molecule has 0 spiro atoms. The number of aromatic nitrogens is 1. The molecule has 0 saturated heterocycles. The van der Waals surface area contributed by atoms with Crippen molar-refractivity contribution in [1.29, 1.82) is 0 Å². The largest absolute Gasteiger partial charge is 0.506 e. The summed E-state index contributed by atoms with van der Waals surface area (Å²) in [5, 5.41) is 13.8. The Hall–Kier alpha value is -2.60. The summed E-state index contributed by atoms with van der Waals surface area (Å²) >= 11 is 3.33. The summed E-state index contributed by atoms with van der Waals surface area (Å²) in [6.07, 6.45) is 0.712. The zero-order valence-electron chi connectivity index (χ0n) is 13.4. The van der Waals surface area contributed by atoms with Crippen LogP contribution in [0.3, 0.4) is 0 Å². The first-order valence-corrected chi connectivity index (χ1v) is 8.72. The lowest BCUT2D eigenvalue weighted by molar-refractivity contribution is 0.102. The monoisotopic (exact) mass is 398 g/mol. The summed E-state index contributed by atoms with van der Waals surface area (Å²) in [6, 6.07) is 12.5. The van der Waals surface area contributed by atoms with Gasteiger partial charge in [0.25, 0.3) is 11.5 Å². The standard InChI is InChI=1S/C19H15BrN2O3/c1-10-9-11-3-2-4-14-16(11)22(10)19(25)15(17(14)23)18(24)21-13-7-5-12(20)6-8-13/h2-8,10,23H,9H2,1H3,(H,21,24). The van der Waals surface area contributed by atoms with Crippen molar-refractivity contribution >= 4 is 38.4 Å². The van der Waals surface area contributed by atoms with Crippen LogP contribution in [0.2, 0.25) is 0 Å². The van der Waals surface area contributed by atoms with Gasteiger partial charge in [-0.15, -0.1) is 0 Å². The molecule has 6 heteroatoms. The zero-order chi connectivity index (χ0) is 17.7. The summed E-state index contributed by atoms with van der Waals surface area (Å²) < 4.78 is 2.49. The second-order valence-corrected chi connectivity index (χ2v) is 7.14. The fraction of sp³-hybridized carbons (Fsp3) is 0.158. The Kier molecular flexibility index (Phi) is 3.65. The molecule has 0 radical (unpaired) electrons. The summed E-state index contributed by atoms with van der Waals surface area (Å²) in [6.45, 7) is 1.94. The predicted molar refractivity (Wildman–Crippen MR) is 100 cm³/mol. The topological polar surface area (TPSA) is 71.3 Å². The number of nitrogens with one attached hydrogen (secondary N) is 1. The normalized spacial score (nSPS) is 15.5. The lowest BCUT2D eigenvalue weighted by Crippen LogP contribution is -2.30. The van der Waals surface area contributed by atoms with E-state index in [-0.39, 0.29) is 17.4 Å². The van der Waals surface area contributed by atoms with Gasteiger partial charge < -0.3 is 15.0 Å². The molecule has 25 heavy (non-hydrogen) atoms. The highest BCUT2D eigenvalue weighted by molar-refractivity contribution is 9.10. The number of pyridine rings is 1. The van der Waals surface area contributed by atoms with Gasteiger partial charge in [0.1, 0.15) is 11.3 Å². The van der Waals surface area contributed by atoms with Crippen molar-refractivity contribution in [2.45, 2.75) is 19.4 Å². The molecular formula is C19H15BrN2O3. The van der Waals surface area contributed by atoms with Crippen molar-refractivity contribution in [2.24, 2.45) is 0 Å². The molecule has 2 N–H and O–H groups in total. The highest BCUT2D eigenvalue weighted by atomic mass is 79.9. The molecule has 3 aromatic rings. The van der Waals surface area contributed by atoms with E-state index < -0.39 is 11.5 Å². The number of amides is 1. The smallest absolute Gasteiger partial charge is 0.268 e. The third-order valence-corrected chi connectivity index (χ3v) is 5.10. The lowest BCUT2D eigenvalue weighted by atomic mass is 10.1. The van der Waals surface area contributed by atoms with Crippen molar-refractivity contribution in [2.75, 3.05) is 5.32 Å². The molecule has 0 saturated carbocycles. The van der Waals surface area contributed by atoms with Gasteiger partial charge in [-0.05, 0) is 49.2 Å². The molecule has 126 valence electrons. The van der Waals surface area contributed by atoms with E-state index in [1.165, 1.54) is 0 Å². The fourth-order valence-corrected chi connectivity index (χ4v) is 3.72. The third-order valence-electron chi connectivity index (χ3n) is 4.57. The molecule has 2 aromatic carbocycles. The summed E-state index contributed by atoms with van der Waals surface area (Å²) in [4.78, 5) is 25.6. The Labute approximate surface area is 152 Å². The van der Waals surface area contributed by atoms with E-state index in [1.54, 1.807) is 34.9 Å². The Morgan fingerprint density at radius 1 is 1.24 bits per heavy atom. The minimum Gasteiger partial charge on any atom is -0.506 e. The van der Waals surface area contributed by atoms with Gasteiger partial charge in [0, 0.05) is 21.6 Å². The molecule has 0 fully saturated rings. The number of benzene rings is 2. The highest BCUT2D eigenvalue weighted by Gasteiger charge is 2.29. The van der Waals surface area contributed by atoms with Gasteiger partial charge in [-0.1, -0.05) is 28.1 Å².